The van der Waals surface area contributed by atoms with Gasteiger partial charge in [-0.25, -0.2) is 4.39 Å². The third-order valence-corrected chi connectivity index (χ3v) is 3.45. The van der Waals surface area contributed by atoms with Crippen LogP contribution in [0.2, 0.25) is 0 Å². The fraction of sp³-hybridized carbons (Fsp3) is 0.500. The molecule has 0 fully saturated rings. The minimum atomic E-state index is -0.848. The maximum absolute atomic E-state index is 13.5. The van der Waals surface area contributed by atoms with Crippen molar-refractivity contribution < 1.29 is 14.3 Å². The van der Waals surface area contributed by atoms with E-state index in [1.54, 1.807) is 24.9 Å². The SMILES string of the molecule is CCC(C(=O)O)N(C)C(C)c1ccc(C)c(F)c1. The van der Waals surface area contributed by atoms with Crippen molar-refractivity contribution in [2.24, 2.45) is 0 Å². The number of aliphatic carboxylic acids is 1. The van der Waals surface area contributed by atoms with E-state index in [1.807, 2.05) is 19.9 Å². The van der Waals surface area contributed by atoms with Crippen LogP contribution in [0.15, 0.2) is 18.2 Å². The van der Waals surface area contributed by atoms with Gasteiger partial charge in [-0.2, -0.15) is 0 Å². The molecule has 0 saturated carbocycles. The number of hydrogen-bond donors (Lipinski definition) is 1. The Kier molecular flexibility index (Phi) is 4.84. The Morgan fingerprint density at radius 1 is 1.50 bits per heavy atom. The highest BCUT2D eigenvalue weighted by molar-refractivity contribution is 5.73. The lowest BCUT2D eigenvalue weighted by molar-refractivity contribution is -0.143. The quantitative estimate of drug-likeness (QED) is 0.877. The number of aryl methyl sites for hydroxylation is 1. The lowest BCUT2D eigenvalue weighted by atomic mass is 10.0. The summed E-state index contributed by atoms with van der Waals surface area (Å²) in [5, 5.41) is 9.12. The zero-order valence-corrected chi connectivity index (χ0v) is 11.3. The number of hydrogen-bond acceptors (Lipinski definition) is 2. The molecule has 0 bridgehead atoms. The van der Waals surface area contributed by atoms with Crippen molar-refractivity contribution in [3.05, 3.63) is 35.1 Å². The van der Waals surface area contributed by atoms with Gasteiger partial charge in [0.2, 0.25) is 0 Å². The molecule has 0 heterocycles. The van der Waals surface area contributed by atoms with E-state index in [2.05, 4.69) is 0 Å². The molecule has 18 heavy (non-hydrogen) atoms. The number of carbonyl (C=O) groups is 1. The van der Waals surface area contributed by atoms with Gasteiger partial charge in [0.05, 0.1) is 0 Å². The minimum Gasteiger partial charge on any atom is -0.480 e. The Morgan fingerprint density at radius 3 is 2.56 bits per heavy atom. The molecule has 3 nitrogen and oxygen atoms in total. The summed E-state index contributed by atoms with van der Waals surface area (Å²) in [4.78, 5) is 12.9. The van der Waals surface area contributed by atoms with E-state index in [-0.39, 0.29) is 11.9 Å². The smallest absolute Gasteiger partial charge is 0.320 e. The number of carboxylic acid groups (broad SMARTS) is 1. The lowest BCUT2D eigenvalue weighted by Crippen LogP contribution is -2.39. The van der Waals surface area contributed by atoms with Crippen molar-refractivity contribution in [3.63, 3.8) is 0 Å². The van der Waals surface area contributed by atoms with Crippen LogP contribution in [0.25, 0.3) is 0 Å². The standard InChI is InChI=1S/C14H20FNO2/c1-5-13(14(17)18)16(4)10(3)11-7-6-9(2)12(15)8-11/h6-8,10,13H,5H2,1-4H3,(H,17,18). The number of nitrogens with zero attached hydrogens (tertiary/aromatic N) is 1. The van der Waals surface area contributed by atoms with Crippen LogP contribution in [0.1, 0.15) is 37.4 Å². The molecule has 0 amide bonds. The fourth-order valence-corrected chi connectivity index (χ4v) is 2.01. The summed E-state index contributed by atoms with van der Waals surface area (Å²) in [6, 6.07) is 4.35. The van der Waals surface area contributed by atoms with Gasteiger partial charge >= 0.3 is 5.97 Å². The van der Waals surface area contributed by atoms with Gasteiger partial charge in [-0.1, -0.05) is 19.1 Å². The first kappa shape index (κ1) is 14.6. The summed E-state index contributed by atoms with van der Waals surface area (Å²) in [6.45, 7) is 5.42. The molecule has 2 unspecified atom stereocenters. The summed E-state index contributed by atoms with van der Waals surface area (Å²) in [7, 11) is 1.75. The van der Waals surface area contributed by atoms with E-state index in [4.69, 9.17) is 5.11 Å². The summed E-state index contributed by atoms with van der Waals surface area (Å²) in [6.07, 6.45) is 0.518. The van der Waals surface area contributed by atoms with Crippen LogP contribution in [0, 0.1) is 12.7 Å². The summed E-state index contributed by atoms with van der Waals surface area (Å²) < 4.78 is 13.5. The lowest BCUT2D eigenvalue weighted by Gasteiger charge is -2.30. The van der Waals surface area contributed by atoms with Crippen LogP contribution in [-0.4, -0.2) is 29.1 Å². The van der Waals surface area contributed by atoms with Gasteiger partial charge in [0, 0.05) is 6.04 Å². The Hall–Kier alpha value is -1.42. The molecule has 100 valence electrons. The molecule has 0 aliphatic rings. The van der Waals surface area contributed by atoms with E-state index < -0.39 is 12.0 Å². The molecule has 0 aliphatic heterocycles. The van der Waals surface area contributed by atoms with Gasteiger partial charge < -0.3 is 5.11 Å². The van der Waals surface area contributed by atoms with Crippen molar-refractivity contribution in [3.8, 4) is 0 Å². The normalized spacial score (nSPS) is 14.6. The van der Waals surface area contributed by atoms with Crippen LogP contribution in [0.5, 0.6) is 0 Å². The van der Waals surface area contributed by atoms with Crippen LogP contribution in [-0.2, 0) is 4.79 Å². The van der Waals surface area contributed by atoms with Gasteiger partial charge in [0.15, 0.2) is 0 Å². The molecule has 2 atom stereocenters. The van der Waals surface area contributed by atoms with Crippen molar-refractivity contribution in [1.82, 2.24) is 4.90 Å². The molecule has 0 aromatic heterocycles. The predicted molar refractivity (Wildman–Crippen MR) is 69.0 cm³/mol. The van der Waals surface area contributed by atoms with Crippen molar-refractivity contribution in [2.45, 2.75) is 39.3 Å². The average molecular weight is 253 g/mol. The van der Waals surface area contributed by atoms with Gasteiger partial charge in [0.1, 0.15) is 11.9 Å². The largest absolute Gasteiger partial charge is 0.480 e. The molecule has 0 saturated heterocycles. The van der Waals surface area contributed by atoms with E-state index >= 15 is 0 Å². The summed E-state index contributed by atoms with van der Waals surface area (Å²) in [5.41, 5.74) is 1.39. The number of rotatable bonds is 5. The number of halogens is 1. The summed E-state index contributed by atoms with van der Waals surface area (Å²) in [5.74, 6) is -1.10. The van der Waals surface area contributed by atoms with Gasteiger partial charge in [-0.15, -0.1) is 0 Å². The molecular formula is C14H20FNO2. The second-order valence-corrected chi connectivity index (χ2v) is 4.61. The van der Waals surface area contributed by atoms with Crippen molar-refractivity contribution in [2.75, 3.05) is 7.05 Å². The van der Waals surface area contributed by atoms with Gasteiger partial charge in [-0.05, 0) is 44.5 Å². The van der Waals surface area contributed by atoms with Crippen molar-refractivity contribution in [1.29, 1.82) is 0 Å². The first-order chi connectivity index (χ1) is 8.38. The van der Waals surface area contributed by atoms with Gasteiger partial charge in [-0.3, -0.25) is 9.69 Å². The van der Waals surface area contributed by atoms with Crippen LogP contribution < -0.4 is 0 Å². The van der Waals surface area contributed by atoms with E-state index in [9.17, 15) is 9.18 Å². The zero-order valence-electron chi connectivity index (χ0n) is 11.3. The molecule has 0 radical (unpaired) electrons. The van der Waals surface area contributed by atoms with E-state index in [0.29, 0.717) is 12.0 Å². The average Bonchev–Trinajstić information content (AvgIpc) is 2.32. The predicted octanol–water partition coefficient (Wildman–Crippen LogP) is 2.99. The zero-order chi connectivity index (χ0) is 13.9. The molecule has 1 rings (SSSR count). The number of carboxylic acids is 1. The molecular weight excluding hydrogens is 233 g/mol. The monoisotopic (exact) mass is 253 g/mol. The van der Waals surface area contributed by atoms with Crippen LogP contribution in [0.4, 0.5) is 4.39 Å². The second-order valence-electron chi connectivity index (χ2n) is 4.61. The highest BCUT2D eigenvalue weighted by atomic mass is 19.1. The molecule has 1 N–H and O–H groups in total. The Morgan fingerprint density at radius 2 is 2.11 bits per heavy atom. The molecule has 1 aromatic carbocycles. The molecule has 1 aromatic rings. The van der Waals surface area contributed by atoms with E-state index in [1.165, 1.54) is 6.07 Å². The minimum absolute atomic E-state index is 0.138. The topological polar surface area (TPSA) is 40.5 Å². The van der Waals surface area contributed by atoms with Crippen molar-refractivity contribution >= 4 is 5.97 Å². The first-order valence-corrected chi connectivity index (χ1v) is 6.09. The molecule has 0 aliphatic carbocycles. The van der Waals surface area contributed by atoms with Gasteiger partial charge in [0.25, 0.3) is 0 Å². The highest BCUT2D eigenvalue weighted by Crippen LogP contribution is 2.23. The van der Waals surface area contributed by atoms with Crippen LogP contribution in [0.3, 0.4) is 0 Å². The van der Waals surface area contributed by atoms with Crippen LogP contribution >= 0.6 is 0 Å². The Balaban J connectivity index is 2.94. The maximum atomic E-state index is 13.5. The first-order valence-electron chi connectivity index (χ1n) is 6.09. The second kappa shape index (κ2) is 5.96. The number of likely N-dealkylation sites (N-methyl/N-ethyl adjacent to an activating group) is 1. The maximum Gasteiger partial charge on any atom is 0.320 e. The molecule has 0 spiro atoms. The Bertz CT molecular complexity index is 434. The highest BCUT2D eigenvalue weighted by Gasteiger charge is 2.25. The summed E-state index contributed by atoms with van der Waals surface area (Å²) >= 11 is 0. The Labute approximate surface area is 107 Å². The molecule has 4 heteroatoms. The van der Waals surface area contributed by atoms with E-state index in [0.717, 1.165) is 5.56 Å². The fourth-order valence-electron chi connectivity index (χ4n) is 2.01. The third-order valence-electron chi connectivity index (χ3n) is 3.45. The number of benzene rings is 1. The third kappa shape index (κ3) is 3.07.